The Hall–Kier alpha value is -3.02. The Morgan fingerprint density at radius 3 is 2.65 bits per heavy atom. The molecule has 1 aromatic carbocycles. The lowest BCUT2D eigenvalue weighted by Crippen LogP contribution is -2.48. The van der Waals surface area contributed by atoms with Crippen molar-refractivity contribution in [2.45, 2.75) is 32.9 Å². The van der Waals surface area contributed by atoms with E-state index in [0.717, 1.165) is 16.5 Å². The Morgan fingerprint density at radius 1 is 1.12 bits per heavy atom. The van der Waals surface area contributed by atoms with Crippen molar-refractivity contribution in [3.8, 4) is 0 Å². The van der Waals surface area contributed by atoms with E-state index in [1.807, 2.05) is 30.5 Å². The summed E-state index contributed by atoms with van der Waals surface area (Å²) in [7, 11) is 0. The van der Waals surface area contributed by atoms with E-state index in [9.17, 15) is 9.59 Å². The zero-order chi connectivity index (χ0) is 18.5. The van der Waals surface area contributed by atoms with Crippen LogP contribution in [0, 0.1) is 5.92 Å². The number of aromatic amines is 1. The fourth-order valence-electron chi connectivity index (χ4n) is 2.78. The van der Waals surface area contributed by atoms with E-state index in [4.69, 9.17) is 4.42 Å². The van der Waals surface area contributed by atoms with Crippen molar-refractivity contribution >= 4 is 22.7 Å². The second kappa shape index (κ2) is 7.91. The summed E-state index contributed by atoms with van der Waals surface area (Å²) in [6.07, 6.45) is 3.86. The summed E-state index contributed by atoms with van der Waals surface area (Å²) in [6, 6.07) is 10.8. The van der Waals surface area contributed by atoms with E-state index >= 15 is 0 Å². The average Bonchev–Trinajstić information content (AvgIpc) is 3.29. The van der Waals surface area contributed by atoms with Crippen molar-refractivity contribution in [3.63, 3.8) is 0 Å². The molecule has 1 atom stereocenters. The van der Waals surface area contributed by atoms with Gasteiger partial charge in [-0.15, -0.1) is 0 Å². The van der Waals surface area contributed by atoms with Crippen LogP contribution < -0.4 is 10.6 Å². The maximum Gasteiger partial charge on any atom is 0.243 e. The molecule has 136 valence electrons. The van der Waals surface area contributed by atoms with Gasteiger partial charge in [0.05, 0.1) is 12.8 Å². The first kappa shape index (κ1) is 17.8. The SMILES string of the molecule is CC(C)C(=O)NC(Cc1c[nH]c2ccccc12)C(=O)NCc1ccco1. The fraction of sp³-hybridized carbons (Fsp3) is 0.300. The Bertz CT molecular complexity index is 881. The Morgan fingerprint density at radius 2 is 1.92 bits per heavy atom. The first-order valence-corrected chi connectivity index (χ1v) is 8.70. The van der Waals surface area contributed by atoms with Gasteiger partial charge in [-0.1, -0.05) is 32.0 Å². The van der Waals surface area contributed by atoms with E-state index in [0.29, 0.717) is 12.2 Å². The molecule has 0 saturated heterocycles. The number of aromatic nitrogens is 1. The van der Waals surface area contributed by atoms with Crippen molar-refractivity contribution in [1.82, 2.24) is 15.6 Å². The molecule has 26 heavy (non-hydrogen) atoms. The molecule has 6 heteroatoms. The van der Waals surface area contributed by atoms with Crippen LogP contribution in [0.25, 0.3) is 10.9 Å². The maximum absolute atomic E-state index is 12.7. The van der Waals surface area contributed by atoms with Crippen molar-refractivity contribution in [1.29, 1.82) is 0 Å². The van der Waals surface area contributed by atoms with Crippen molar-refractivity contribution in [3.05, 3.63) is 60.2 Å². The molecule has 0 spiro atoms. The van der Waals surface area contributed by atoms with Crippen LogP contribution in [-0.2, 0) is 22.6 Å². The summed E-state index contributed by atoms with van der Waals surface area (Å²) in [6.45, 7) is 3.89. The Labute approximate surface area is 152 Å². The molecule has 0 bridgehead atoms. The van der Waals surface area contributed by atoms with Crippen LogP contribution in [0.4, 0.5) is 0 Å². The van der Waals surface area contributed by atoms with E-state index < -0.39 is 6.04 Å². The van der Waals surface area contributed by atoms with E-state index in [1.165, 1.54) is 0 Å². The third kappa shape index (κ3) is 4.14. The van der Waals surface area contributed by atoms with Crippen molar-refractivity contribution < 1.29 is 14.0 Å². The molecule has 3 N–H and O–H groups in total. The number of benzene rings is 1. The zero-order valence-corrected chi connectivity index (χ0v) is 14.9. The van der Waals surface area contributed by atoms with Gasteiger partial charge in [0.1, 0.15) is 11.8 Å². The van der Waals surface area contributed by atoms with Crippen LogP contribution in [0.1, 0.15) is 25.2 Å². The first-order chi connectivity index (χ1) is 12.5. The van der Waals surface area contributed by atoms with Crippen molar-refractivity contribution in [2.75, 3.05) is 0 Å². The molecule has 2 amide bonds. The number of carbonyl (C=O) groups is 2. The lowest BCUT2D eigenvalue weighted by molar-refractivity contribution is -0.130. The molecule has 2 heterocycles. The van der Waals surface area contributed by atoms with Gasteiger partial charge in [-0.05, 0) is 23.8 Å². The smallest absolute Gasteiger partial charge is 0.243 e. The number of fused-ring (bicyclic) bond motifs is 1. The van der Waals surface area contributed by atoms with Crippen LogP contribution in [0.5, 0.6) is 0 Å². The van der Waals surface area contributed by atoms with Crippen molar-refractivity contribution in [2.24, 2.45) is 5.92 Å². The molecule has 3 aromatic rings. The topological polar surface area (TPSA) is 87.1 Å². The molecular formula is C20H23N3O3. The number of hydrogen-bond acceptors (Lipinski definition) is 3. The van der Waals surface area contributed by atoms with Crippen LogP contribution in [-0.4, -0.2) is 22.8 Å². The van der Waals surface area contributed by atoms with Gasteiger partial charge < -0.3 is 20.0 Å². The van der Waals surface area contributed by atoms with E-state index in [2.05, 4.69) is 15.6 Å². The monoisotopic (exact) mass is 353 g/mol. The molecular weight excluding hydrogens is 330 g/mol. The number of rotatable bonds is 7. The largest absolute Gasteiger partial charge is 0.467 e. The summed E-state index contributed by atoms with van der Waals surface area (Å²) >= 11 is 0. The highest BCUT2D eigenvalue weighted by molar-refractivity contribution is 5.90. The second-order valence-corrected chi connectivity index (χ2v) is 6.58. The molecule has 1 unspecified atom stereocenters. The van der Waals surface area contributed by atoms with Crippen LogP contribution in [0.15, 0.2) is 53.3 Å². The molecule has 0 radical (unpaired) electrons. The predicted molar refractivity (Wildman–Crippen MR) is 99.3 cm³/mol. The van der Waals surface area contributed by atoms with Gasteiger partial charge in [0.2, 0.25) is 11.8 Å². The lowest BCUT2D eigenvalue weighted by atomic mass is 10.0. The minimum absolute atomic E-state index is 0.150. The van der Waals surface area contributed by atoms with Gasteiger partial charge in [0.25, 0.3) is 0 Å². The second-order valence-electron chi connectivity index (χ2n) is 6.58. The van der Waals surface area contributed by atoms with Crippen LogP contribution >= 0.6 is 0 Å². The summed E-state index contributed by atoms with van der Waals surface area (Å²) < 4.78 is 5.24. The third-order valence-corrected chi connectivity index (χ3v) is 4.27. The van der Waals surface area contributed by atoms with Gasteiger partial charge in [-0.3, -0.25) is 9.59 Å². The minimum Gasteiger partial charge on any atom is -0.467 e. The quantitative estimate of drug-likeness (QED) is 0.610. The van der Waals surface area contributed by atoms with Gasteiger partial charge in [-0.2, -0.15) is 0 Å². The molecule has 0 fully saturated rings. The number of carbonyl (C=O) groups excluding carboxylic acids is 2. The van der Waals surface area contributed by atoms with Gasteiger partial charge in [0, 0.05) is 29.4 Å². The first-order valence-electron chi connectivity index (χ1n) is 8.70. The number of furan rings is 1. The highest BCUT2D eigenvalue weighted by Crippen LogP contribution is 2.19. The van der Waals surface area contributed by atoms with Crippen LogP contribution in [0.2, 0.25) is 0 Å². The number of amides is 2. The van der Waals surface area contributed by atoms with Gasteiger partial charge in [-0.25, -0.2) is 0 Å². The molecule has 0 saturated carbocycles. The number of hydrogen-bond donors (Lipinski definition) is 3. The summed E-state index contributed by atoms with van der Waals surface area (Å²) in [5.74, 6) is 0.0846. The number of para-hydroxylation sites is 1. The normalized spacial score (nSPS) is 12.3. The summed E-state index contributed by atoms with van der Waals surface area (Å²) in [4.78, 5) is 28.0. The molecule has 0 aliphatic heterocycles. The highest BCUT2D eigenvalue weighted by atomic mass is 16.3. The standard InChI is InChI=1S/C20H23N3O3/c1-13(2)19(24)23-18(20(25)22-12-15-6-5-9-26-15)10-14-11-21-17-8-4-3-7-16(14)17/h3-9,11,13,18,21H,10,12H2,1-2H3,(H,22,25)(H,23,24). The molecule has 0 aliphatic carbocycles. The summed E-state index contributed by atoms with van der Waals surface area (Å²) in [5.41, 5.74) is 2.00. The predicted octanol–water partition coefficient (Wildman–Crippen LogP) is 2.76. The molecule has 3 rings (SSSR count). The lowest BCUT2D eigenvalue weighted by Gasteiger charge is -2.19. The molecule has 0 aliphatic rings. The fourth-order valence-corrected chi connectivity index (χ4v) is 2.78. The third-order valence-electron chi connectivity index (χ3n) is 4.27. The van der Waals surface area contributed by atoms with E-state index in [1.54, 1.807) is 32.2 Å². The molecule has 6 nitrogen and oxygen atoms in total. The van der Waals surface area contributed by atoms with Crippen LogP contribution in [0.3, 0.4) is 0 Å². The number of nitrogens with one attached hydrogen (secondary N) is 3. The Kier molecular flexibility index (Phi) is 5.41. The van der Waals surface area contributed by atoms with Gasteiger partial charge in [0.15, 0.2) is 0 Å². The highest BCUT2D eigenvalue weighted by Gasteiger charge is 2.23. The van der Waals surface area contributed by atoms with Gasteiger partial charge >= 0.3 is 0 Å². The zero-order valence-electron chi connectivity index (χ0n) is 14.9. The summed E-state index contributed by atoms with van der Waals surface area (Å²) in [5, 5.41) is 6.74. The Balaban J connectivity index is 1.75. The minimum atomic E-state index is -0.654. The number of H-pyrrole nitrogens is 1. The maximum atomic E-state index is 12.7. The average molecular weight is 353 g/mol. The van der Waals surface area contributed by atoms with E-state index in [-0.39, 0.29) is 24.3 Å². The molecule has 2 aromatic heterocycles.